The van der Waals surface area contributed by atoms with E-state index in [1.54, 1.807) is 0 Å². The highest BCUT2D eigenvalue weighted by molar-refractivity contribution is 7.90. The first-order chi connectivity index (χ1) is 9.77. The molecule has 0 aliphatic rings. The Morgan fingerprint density at radius 1 is 1.14 bits per heavy atom. The molecular weight excluding hydrogens is 294 g/mol. The van der Waals surface area contributed by atoms with Crippen LogP contribution in [0.1, 0.15) is 10.4 Å². The Balaban J connectivity index is 2.34. The fourth-order valence-electron chi connectivity index (χ4n) is 1.68. The zero-order chi connectivity index (χ0) is 15.6. The summed E-state index contributed by atoms with van der Waals surface area (Å²) in [6.07, 6.45) is 1.10. The van der Waals surface area contributed by atoms with E-state index in [2.05, 4.69) is 0 Å². The summed E-state index contributed by atoms with van der Waals surface area (Å²) in [7, 11) is -3.29. The van der Waals surface area contributed by atoms with E-state index in [9.17, 15) is 13.2 Å². The maximum absolute atomic E-state index is 11.4. The largest absolute Gasteiger partial charge is 0.478 e. The van der Waals surface area contributed by atoms with Crippen LogP contribution >= 0.6 is 0 Å². The molecule has 0 spiro atoms. The van der Waals surface area contributed by atoms with Crippen LogP contribution in [0.4, 0.5) is 5.69 Å². The summed E-state index contributed by atoms with van der Waals surface area (Å²) < 4.78 is 28.2. The van der Waals surface area contributed by atoms with Crippen LogP contribution in [0, 0.1) is 0 Å². The Labute approximate surface area is 121 Å². The summed E-state index contributed by atoms with van der Waals surface area (Å²) >= 11 is 0. The van der Waals surface area contributed by atoms with Gasteiger partial charge in [-0.2, -0.15) is 0 Å². The van der Waals surface area contributed by atoms with Gasteiger partial charge in [0.25, 0.3) is 0 Å². The molecule has 0 atom stereocenters. The fraction of sp³-hybridized carbons (Fsp3) is 0.0714. The first kappa shape index (κ1) is 14.9. The fourth-order valence-corrected chi connectivity index (χ4v) is 2.31. The van der Waals surface area contributed by atoms with Crippen molar-refractivity contribution in [2.75, 3.05) is 12.0 Å². The number of nitrogens with two attached hydrogens (primary N) is 1. The van der Waals surface area contributed by atoms with Gasteiger partial charge in [-0.1, -0.05) is 0 Å². The van der Waals surface area contributed by atoms with Crippen molar-refractivity contribution in [3.05, 3.63) is 48.0 Å². The van der Waals surface area contributed by atoms with E-state index >= 15 is 0 Å². The molecule has 0 aliphatic heterocycles. The monoisotopic (exact) mass is 307 g/mol. The highest BCUT2D eigenvalue weighted by atomic mass is 32.2. The van der Waals surface area contributed by atoms with Gasteiger partial charge in [0.1, 0.15) is 17.1 Å². The molecule has 0 saturated heterocycles. The van der Waals surface area contributed by atoms with Crippen LogP contribution in [-0.4, -0.2) is 25.7 Å². The van der Waals surface area contributed by atoms with Crippen LogP contribution < -0.4 is 10.5 Å². The summed E-state index contributed by atoms with van der Waals surface area (Å²) in [6.45, 7) is 0. The third kappa shape index (κ3) is 3.51. The van der Waals surface area contributed by atoms with E-state index in [1.165, 1.54) is 42.5 Å². The normalized spacial score (nSPS) is 11.1. The smallest absolute Gasteiger partial charge is 0.339 e. The Hall–Kier alpha value is -2.54. The number of benzene rings is 2. The second-order valence-electron chi connectivity index (χ2n) is 4.41. The number of ether oxygens (including phenoxy) is 1. The third-order valence-corrected chi connectivity index (χ3v) is 3.84. The van der Waals surface area contributed by atoms with Crippen molar-refractivity contribution in [2.24, 2.45) is 0 Å². The number of hydrogen-bond donors (Lipinski definition) is 2. The first-order valence-electron chi connectivity index (χ1n) is 5.88. The predicted molar refractivity (Wildman–Crippen MR) is 77.4 cm³/mol. The van der Waals surface area contributed by atoms with Crippen molar-refractivity contribution in [3.63, 3.8) is 0 Å². The van der Waals surface area contributed by atoms with Crippen LogP contribution in [0.5, 0.6) is 11.5 Å². The molecule has 0 aromatic heterocycles. The molecule has 21 heavy (non-hydrogen) atoms. The van der Waals surface area contributed by atoms with E-state index in [0.29, 0.717) is 11.4 Å². The maximum atomic E-state index is 11.4. The average Bonchev–Trinajstić information content (AvgIpc) is 2.38. The minimum absolute atomic E-state index is 0.0311. The lowest BCUT2D eigenvalue weighted by molar-refractivity contribution is 0.0694. The van der Waals surface area contributed by atoms with E-state index in [4.69, 9.17) is 15.6 Å². The number of anilines is 1. The van der Waals surface area contributed by atoms with Crippen LogP contribution in [-0.2, 0) is 9.84 Å². The van der Waals surface area contributed by atoms with E-state index in [-0.39, 0.29) is 16.2 Å². The van der Waals surface area contributed by atoms with Crippen LogP contribution in [0.3, 0.4) is 0 Å². The summed E-state index contributed by atoms with van der Waals surface area (Å²) in [4.78, 5) is 11.3. The van der Waals surface area contributed by atoms with Gasteiger partial charge in [0.15, 0.2) is 9.84 Å². The van der Waals surface area contributed by atoms with Gasteiger partial charge in [0.05, 0.1) is 4.90 Å². The minimum Gasteiger partial charge on any atom is -0.478 e. The van der Waals surface area contributed by atoms with E-state index in [0.717, 1.165) is 6.26 Å². The molecule has 0 heterocycles. The molecule has 7 heteroatoms. The molecule has 0 amide bonds. The van der Waals surface area contributed by atoms with Crippen molar-refractivity contribution in [1.82, 2.24) is 0 Å². The van der Waals surface area contributed by atoms with Gasteiger partial charge in [-0.3, -0.25) is 0 Å². The van der Waals surface area contributed by atoms with Gasteiger partial charge < -0.3 is 15.6 Å². The first-order valence-corrected chi connectivity index (χ1v) is 7.77. The van der Waals surface area contributed by atoms with Gasteiger partial charge in [0.2, 0.25) is 0 Å². The lowest BCUT2D eigenvalue weighted by atomic mass is 10.2. The van der Waals surface area contributed by atoms with Gasteiger partial charge in [-0.15, -0.1) is 0 Å². The number of nitrogen functional groups attached to an aromatic ring is 1. The lowest BCUT2D eigenvalue weighted by Crippen LogP contribution is -2.01. The lowest BCUT2D eigenvalue weighted by Gasteiger charge is -2.10. The highest BCUT2D eigenvalue weighted by Crippen LogP contribution is 2.28. The predicted octanol–water partition coefficient (Wildman–Crippen LogP) is 2.16. The zero-order valence-electron chi connectivity index (χ0n) is 11.1. The molecule has 0 bridgehead atoms. The van der Waals surface area contributed by atoms with E-state index in [1.807, 2.05) is 0 Å². The second kappa shape index (κ2) is 5.45. The molecule has 0 radical (unpaired) electrons. The van der Waals surface area contributed by atoms with Crippen molar-refractivity contribution >= 4 is 21.5 Å². The van der Waals surface area contributed by atoms with E-state index < -0.39 is 15.8 Å². The Morgan fingerprint density at radius 2 is 1.76 bits per heavy atom. The van der Waals surface area contributed by atoms with Crippen LogP contribution in [0.25, 0.3) is 0 Å². The minimum atomic E-state index is -3.29. The molecule has 0 aliphatic carbocycles. The zero-order valence-corrected chi connectivity index (χ0v) is 11.9. The van der Waals surface area contributed by atoms with Crippen molar-refractivity contribution < 1.29 is 23.1 Å². The summed E-state index contributed by atoms with van der Waals surface area (Å²) in [5.74, 6) is -0.733. The summed E-state index contributed by atoms with van der Waals surface area (Å²) in [5.41, 5.74) is 5.94. The molecule has 0 fully saturated rings. The maximum Gasteiger partial charge on any atom is 0.339 e. The number of sulfone groups is 1. The second-order valence-corrected chi connectivity index (χ2v) is 6.42. The number of rotatable bonds is 4. The molecule has 2 aromatic carbocycles. The molecule has 0 unspecified atom stereocenters. The molecule has 0 saturated carbocycles. The van der Waals surface area contributed by atoms with Crippen LogP contribution in [0.15, 0.2) is 47.4 Å². The summed E-state index contributed by atoms with van der Waals surface area (Å²) in [6, 6.07) is 9.88. The number of carboxylic acid groups (broad SMARTS) is 1. The molecule has 2 aromatic rings. The Bertz CT molecular complexity index is 782. The van der Waals surface area contributed by atoms with Gasteiger partial charge >= 0.3 is 5.97 Å². The number of aromatic carboxylic acids is 1. The molecular formula is C14H13NO5S. The third-order valence-electron chi connectivity index (χ3n) is 2.72. The Kier molecular flexibility index (Phi) is 3.86. The number of hydrogen-bond acceptors (Lipinski definition) is 5. The Morgan fingerprint density at radius 3 is 2.29 bits per heavy atom. The SMILES string of the molecule is CS(=O)(=O)c1ccc(Oc2cc(N)ccc2C(=O)O)cc1. The molecule has 6 nitrogen and oxygen atoms in total. The molecule has 110 valence electrons. The number of carbonyl (C=O) groups is 1. The van der Waals surface area contributed by atoms with Crippen LogP contribution in [0.2, 0.25) is 0 Å². The molecule has 3 N–H and O–H groups in total. The topological polar surface area (TPSA) is 107 Å². The standard InChI is InChI=1S/C14H13NO5S/c1-21(18,19)11-5-3-10(4-6-11)20-13-8-9(15)2-7-12(13)14(16)17/h2-8H,15H2,1H3,(H,16,17). The number of carboxylic acids is 1. The van der Waals surface area contributed by atoms with Gasteiger partial charge in [0, 0.05) is 18.0 Å². The highest BCUT2D eigenvalue weighted by Gasteiger charge is 2.13. The van der Waals surface area contributed by atoms with Crippen molar-refractivity contribution in [3.8, 4) is 11.5 Å². The molecule has 2 rings (SSSR count). The summed E-state index contributed by atoms with van der Waals surface area (Å²) in [5, 5.41) is 9.09. The van der Waals surface area contributed by atoms with Gasteiger partial charge in [-0.25, -0.2) is 13.2 Å². The van der Waals surface area contributed by atoms with Crippen molar-refractivity contribution in [2.45, 2.75) is 4.90 Å². The quantitative estimate of drug-likeness (QED) is 0.838. The van der Waals surface area contributed by atoms with Gasteiger partial charge in [-0.05, 0) is 36.4 Å². The van der Waals surface area contributed by atoms with Crippen molar-refractivity contribution in [1.29, 1.82) is 0 Å². The average molecular weight is 307 g/mol.